The summed E-state index contributed by atoms with van der Waals surface area (Å²) in [6, 6.07) is 6.75. The molecule has 1 aromatic carbocycles. The lowest BCUT2D eigenvalue weighted by Gasteiger charge is -2.28. The number of hydrogen-bond acceptors (Lipinski definition) is 2. The van der Waals surface area contributed by atoms with Crippen LogP contribution in [0.1, 0.15) is 62.6 Å². The molecule has 0 amide bonds. The molecule has 3 heteroatoms. The maximum absolute atomic E-state index is 12.8. The van der Waals surface area contributed by atoms with Crippen molar-refractivity contribution >= 4 is 18.2 Å². The molecule has 0 spiro atoms. The van der Waals surface area contributed by atoms with Gasteiger partial charge in [0, 0.05) is 31.7 Å². The Hall–Kier alpha value is -0.860. The SMILES string of the molecule is Cl.[2H]C1([2H])N(CC(C)C(=O)c2ccc(CC)cc2)C([2H])([2H])C([2H])([2H])C([2H])([2H])C1([2H])[2H]. The standard InChI is InChI=1S/C17H25NO.ClH/c1-3-15-7-9-16(10-8-15)17(19)14(2)13-18-11-5-4-6-12-18;/h7-10,14H,3-6,11-13H2,1-2H3;1H/i4D2,5D2,6D2,11D2,12D2;. The minimum Gasteiger partial charge on any atom is -0.303 e. The van der Waals surface area contributed by atoms with Crippen molar-refractivity contribution in [3.63, 3.8) is 0 Å². The molecule has 1 atom stereocenters. The Morgan fingerprint density at radius 1 is 1.25 bits per heavy atom. The van der Waals surface area contributed by atoms with E-state index >= 15 is 0 Å². The quantitative estimate of drug-likeness (QED) is 0.767. The topological polar surface area (TPSA) is 20.3 Å². The zero-order valence-electron chi connectivity index (χ0n) is 21.6. The number of halogens is 1. The van der Waals surface area contributed by atoms with Crippen molar-refractivity contribution in [3.8, 4) is 0 Å². The number of piperidine rings is 1. The number of Topliss-reactive ketones (excluding diaryl/α,β-unsaturated/α-hetero) is 1. The number of carbonyl (C=O) groups excluding carboxylic acids is 1. The van der Waals surface area contributed by atoms with E-state index in [4.69, 9.17) is 13.7 Å². The molecular formula is C17H26ClNO. The number of carbonyl (C=O) groups is 1. The first-order chi connectivity index (χ1) is 13.0. The van der Waals surface area contributed by atoms with Crippen LogP contribution in [0.15, 0.2) is 24.3 Å². The van der Waals surface area contributed by atoms with E-state index in [0.29, 0.717) is 10.5 Å². The molecule has 0 aliphatic carbocycles. The van der Waals surface area contributed by atoms with Crippen molar-refractivity contribution in [1.82, 2.24) is 4.90 Å². The summed E-state index contributed by atoms with van der Waals surface area (Å²) in [5.41, 5.74) is 1.34. The van der Waals surface area contributed by atoms with Crippen LogP contribution in [0, 0.1) is 5.92 Å². The smallest absolute Gasteiger partial charge is 0.166 e. The van der Waals surface area contributed by atoms with Gasteiger partial charge in [-0.15, -0.1) is 12.4 Å². The van der Waals surface area contributed by atoms with Crippen LogP contribution < -0.4 is 0 Å². The summed E-state index contributed by atoms with van der Waals surface area (Å²) in [5.74, 6) is -1.41. The largest absolute Gasteiger partial charge is 0.303 e. The summed E-state index contributed by atoms with van der Waals surface area (Å²) in [5, 5.41) is 0. The highest BCUT2D eigenvalue weighted by Crippen LogP contribution is 2.15. The molecule has 0 saturated carbocycles. The second kappa shape index (κ2) is 8.43. The fourth-order valence-electron chi connectivity index (χ4n) is 1.89. The Bertz CT molecular complexity index is 751. The van der Waals surface area contributed by atoms with E-state index in [-0.39, 0.29) is 12.4 Å². The number of hydrogen-bond donors (Lipinski definition) is 0. The van der Waals surface area contributed by atoms with E-state index in [9.17, 15) is 4.79 Å². The van der Waals surface area contributed by atoms with Crippen molar-refractivity contribution in [3.05, 3.63) is 35.4 Å². The van der Waals surface area contributed by atoms with Gasteiger partial charge in [-0.25, -0.2) is 0 Å². The predicted octanol–water partition coefficient (Wildman–Crippen LogP) is 3.98. The van der Waals surface area contributed by atoms with Gasteiger partial charge in [0.15, 0.2) is 5.78 Å². The number of ketones is 1. The number of likely N-dealkylation sites (tertiary alicyclic amines) is 1. The van der Waals surface area contributed by atoms with Crippen LogP contribution in [0.2, 0.25) is 0 Å². The molecule has 1 saturated heterocycles. The van der Waals surface area contributed by atoms with Gasteiger partial charge in [0.05, 0.1) is 0 Å². The Kier molecular flexibility index (Phi) is 3.13. The predicted molar refractivity (Wildman–Crippen MR) is 86.9 cm³/mol. The Labute approximate surface area is 143 Å². The molecule has 0 bridgehead atoms. The third-order valence-electron chi connectivity index (χ3n) is 3.06. The zero-order valence-corrected chi connectivity index (χ0v) is 12.4. The summed E-state index contributed by atoms with van der Waals surface area (Å²) in [7, 11) is 0. The van der Waals surface area contributed by atoms with Gasteiger partial charge in [0.1, 0.15) is 0 Å². The molecule has 1 aliphatic rings. The van der Waals surface area contributed by atoms with Crippen molar-refractivity contribution in [2.45, 2.75) is 39.4 Å². The van der Waals surface area contributed by atoms with Crippen molar-refractivity contribution in [2.24, 2.45) is 5.92 Å². The third-order valence-corrected chi connectivity index (χ3v) is 3.06. The van der Waals surface area contributed by atoms with Crippen molar-refractivity contribution in [2.75, 3.05) is 19.5 Å². The fraction of sp³-hybridized carbons (Fsp3) is 0.588. The fourth-order valence-corrected chi connectivity index (χ4v) is 1.89. The van der Waals surface area contributed by atoms with Gasteiger partial charge in [0.2, 0.25) is 0 Å². The molecule has 2 rings (SSSR count). The second-order valence-electron chi connectivity index (χ2n) is 4.52. The van der Waals surface area contributed by atoms with Crippen LogP contribution in [0.4, 0.5) is 0 Å². The van der Waals surface area contributed by atoms with Crippen molar-refractivity contribution < 1.29 is 18.5 Å². The molecular weight excluding hydrogens is 270 g/mol. The number of rotatable bonds is 5. The van der Waals surface area contributed by atoms with E-state index in [1.54, 1.807) is 24.3 Å². The molecule has 1 aromatic rings. The van der Waals surface area contributed by atoms with Crippen LogP contribution in [-0.4, -0.2) is 30.2 Å². The lowest BCUT2D eigenvalue weighted by molar-refractivity contribution is 0.0883. The van der Waals surface area contributed by atoms with Gasteiger partial charge in [-0.3, -0.25) is 4.79 Å². The molecule has 2 nitrogen and oxygen atoms in total. The average molecular weight is 306 g/mol. The van der Waals surface area contributed by atoms with Crippen LogP contribution in [0.5, 0.6) is 0 Å². The molecule has 1 aliphatic heterocycles. The van der Waals surface area contributed by atoms with Crippen LogP contribution in [-0.2, 0) is 6.42 Å². The van der Waals surface area contributed by atoms with Crippen LogP contribution in [0.25, 0.3) is 0 Å². The van der Waals surface area contributed by atoms with E-state index in [2.05, 4.69) is 0 Å². The highest BCUT2D eigenvalue weighted by atomic mass is 35.5. The van der Waals surface area contributed by atoms with Gasteiger partial charge < -0.3 is 4.90 Å². The second-order valence-corrected chi connectivity index (χ2v) is 4.52. The molecule has 1 heterocycles. The molecule has 1 unspecified atom stereocenters. The van der Waals surface area contributed by atoms with Crippen LogP contribution in [0.3, 0.4) is 0 Å². The molecule has 0 radical (unpaired) electrons. The lowest BCUT2D eigenvalue weighted by Crippen LogP contribution is -2.35. The molecule has 0 aromatic heterocycles. The Balaban J connectivity index is 0.00000450. The molecule has 112 valence electrons. The first-order valence-corrected chi connectivity index (χ1v) is 6.37. The van der Waals surface area contributed by atoms with Gasteiger partial charge in [-0.1, -0.05) is 44.5 Å². The van der Waals surface area contributed by atoms with E-state index in [1.165, 1.54) is 6.92 Å². The zero-order chi connectivity index (χ0) is 22.6. The molecule has 1 fully saturated rings. The molecule has 20 heavy (non-hydrogen) atoms. The number of nitrogens with zero attached hydrogens (tertiary/aromatic N) is 1. The lowest BCUT2D eigenvalue weighted by atomic mass is 9.97. The first kappa shape index (κ1) is 7.42. The summed E-state index contributed by atoms with van der Waals surface area (Å²) in [4.78, 5) is 13.1. The third kappa shape index (κ3) is 4.60. The molecule has 0 N–H and O–H groups in total. The number of benzene rings is 1. The summed E-state index contributed by atoms with van der Waals surface area (Å²) in [6.45, 7) is -3.64. The minimum absolute atomic E-state index is 0. The Morgan fingerprint density at radius 3 is 2.40 bits per heavy atom. The summed E-state index contributed by atoms with van der Waals surface area (Å²) < 4.78 is 79.9. The Morgan fingerprint density at radius 2 is 1.85 bits per heavy atom. The first-order valence-electron chi connectivity index (χ1n) is 11.4. The van der Waals surface area contributed by atoms with Gasteiger partial charge in [-0.2, -0.15) is 0 Å². The van der Waals surface area contributed by atoms with E-state index < -0.39 is 50.4 Å². The summed E-state index contributed by atoms with van der Waals surface area (Å²) in [6.07, 6.45) is -9.42. The maximum atomic E-state index is 12.8. The highest BCUT2D eigenvalue weighted by Gasteiger charge is 2.19. The van der Waals surface area contributed by atoms with Crippen molar-refractivity contribution in [1.29, 1.82) is 0 Å². The van der Waals surface area contributed by atoms with Gasteiger partial charge in [0.25, 0.3) is 0 Å². The summed E-state index contributed by atoms with van der Waals surface area (Å²) >= 11 is 0. The average Bonchev–Trinajstić information content (AvgIpc) is 2.63. The normalized spacial score (nSPS) is 37.3. The minimum atomic E-state index is -3.45. The van der Waals surface area contributed by atoms with E-state index in [0.717, 1.165) is 12.0 Å². The van der Waals surface area contributed by atoms with Gasteiger partial charge >= 0.3 is 0 Å². The highest BCUT2D eigenvalue weighted by molar-refractivity contribution is 5.97. The monoisotopic (exact) mass is 305 g/mol. The maximum Gasteiger partial charge on any atom is 0.166 e. The number of aryl methyl sites for hydroxylation is 1. The van der Waals surface area contributed by atoms with Crippen LogP contribution >= 0.6 is 12.4 Å². The van der Waals surface area contributed by atoms with Gasteiger partial charge in [-0.05, 0) is 37.7 Å². The van der Waals surface area contributed by atoms with E-state index in [1.807, 2.05) is 6.92 Å².